The van der Waals surface area contributed by atoms with Crippen LogP contribution in [-0.4, -0.2) is 30.2 Å². The summed E-state index contributed by atoms with van der Waals surface area (Å²) < 4.78 is 0. The number of carbonyl (C=O) groups excluding carboxylic acids is 1. The van der Waals surface area contributed by atoms with Crippen LogP contribution in [0.15, 0.2) is 42.5 Å². The number of nitrogens with one attached hydrogen (secondary N) is 1. The van der Waals surface area contributed by atoms with E-state index in [1.807, 2.05) is 24.3 Å². The Labute approximate surface area is 112 Å². The summed E-state index contributed by atoms with van der Waals surface area (Å²) in [5.41, 5.74) is 6.40. The molecule has 0 heterocycles. The van der Waals surface area contributed by atoms with E-state index in [0.29, 0.717) is 6.54 Å². The van der Waals surface area contributed by atoms with E-state index in [1.165, 1.54) is 16.3 Å². The molecular weight excluding hydrogens is 240 g/mol. The van der Waals surface area contributed by atoms with Crippen molar-refractivity contribution in [3.63, 3.8) is 0 Å². The van der Waals surface area contributed by atoms with E-state index in [0.717, 1.165) is 6.42 Å². The largest absolute Gasteiger partial charge is 0.382 e. The smallest absolute Gasteiger partial charge is 0.250 e. The normalized spacial score (nSPS) is 12.3. The standard InChI is InChI=1S/C15H18N2O2/c16-10-14(18)15(19)17-9-8-12-6-3-5-11-4-1-2-7-13(11)12/h1-7,14,18H,8-10,16H2,(H,17,19). The molecule has 2 rings (SSSR count). The fraction of sp³-hybridized carbons (Fsp3) is 0.267. The number of aliphatic hydroxyl groups excluding tert-OH is 1. The number of rotatable bonds is 5. The number of aliphatic hydroxyl groups is 1. The predicted octanol–water partition coefficient (Wildman–Crippen LogP) is 0.818. The van der Waals surface area contributed by atoms with Gasteiger partial charge in [-0.25, -0.2) is 0 Å². The third-order valence-corrected chi connectivity index (χ3v) is 3.10. The van der Waals surface area contributed by atoms with E-state index < -0.39 is 12.0 Å². The van der Waals surface area contributed by atoms with Gasteiger partial charge in [0.25, 0.3) is 0 Å². The van der Waals surface area contributed by atoms with E-state index in [4.69, 9.17) is 5.73 Å². The number of amides is 1. The Morgan fingerprint density at radius 2 is 1.95 bits per heavy atom. The Hall–Kier alpha value is -1.91. The molecule has 1 amide bonds. The van der Waals surface area contributed by atoms with E-state index in [1.54, 1.807) is 0 Å². The minimum atomic E-state index is -1.12. The van der Waals surface area contributed by atoms with Crippen LogP contribution < -0.4 is 11.1 Å². The lowest BCUT2D eigenvalue weighted by molar-refractivity contribution is -0.128. The fourth-order valence-electron chi connectivity index (χ4n) is 2.06. The van der Waals surface area contributed by atoms with Crippen LogP contribution in [0.3, 0.4) is 0 Å². The summed E-state index contributed by atoms with van der Waals surface area (Å²) in [6, 6.07) is 14.3. The molecule has 19 heavy (non-hydrogen) atoms. The summed E-state index contributed by atoms with van der Waals surface area (Å²) in [5, 5.41) is 14.3. The summed E-state index contributed by atoms with van der Waals surface area (Å²) in [6.45, 7) is 0.435. The molecule has 0 fully saturated rings. The second-order valence-electron chi connectivity index (χ2n) is 4.43. The van der Waals surface area contributed by atoms with Crippen molar-refractivity contribution in [2.24, 2.45) is 5.73 Å². The quantitative estimate of drug-likeness (QED) is 0.743. The van der Waals surface area contributed by atoms with Gasteiger partial charge in [0.05, 0.1) is 0 Å². The number of carbonyl (C=O) groups is 1. The van der Waals surface area contributed by atoms with Crippen molar-refractivity contribution in [2.45, 2.75) is 12.5 Å². The van der Waals surface area contributed by atoms with Gasteiger partial charge in [-0.05, 0) is 22.8 Å². The van der Waals surface area contributed by atoms with E-state index in [2.05, 4.69) is 23.5 Å². The van der Waals surface area contributed by atoms with Crippen LogP contribution in [0.2, 0.25) is 0 Å². The zero-order chi connectivity index (χ0) is 13.7. The first kappa shape index (κ1) is 13.5. The fourth-order valence-corrected chi connectivity index (χ4v) is 2.06. The van der Waals surface area contributed by atoms with Crippen molar-refractivity contribution in [1.82, 2.24) is 5.32 Å². The molecule has 0 aromatic heterocycles. The Morgan fingerprint density at radius 3 is 2.74 bits per heavy atom. The van der Waals surface area contributed by atoms with E-state index in [-0.39, 0.29) is 6.54 Å². The molecule has 0 radical (unpaired) electrons. The Morgan fingerprint density at radius 1 is 1.21 bits per heavy atom. The molecule has 0 saturated heterocycles. The van der Waals surface area contributed by atoms with Crippen LogP contribution >= 0.6 is 0 Å². The highest BCUT2D eigenvalue weighted by Crippen LogP contribution is 2.18. The van der Waals surface area contributed by atoms with Gasteiger partial charge in [-0.1, -0.05) is 42.5 Å². The van der Waals surface area contributed by atoms with E-state index >= 15 is 0 Å². The molecular formula is C15H18N2O2. The maximum Gasteiger partial charge on any atom is 0.250 e. The van der Waals surface area contributed by atoms with Gasteiger partial charge in [0.15, 0.2) is 0 Å². The van der Waals surface area contributed by atoms with Crippen LogP contribution in [0, 0.1) is 0 Å². The van der Waals surface area contributed by atoms with Gasteiger partial charge >= 0.3 is 0 Å². The number of benzene rings is 2. The first-order valence-corrected chi connectivity index (χ1v) is 6.35. The predicted molar refractivity (Wildman–Crippen MR) is 75.7 cm³/mol. The summed E-state index contributed by atoms with van der Waals surface area (Å²) in [6.07, 6.45) is -0.391. The molecule has 0 spiro atoms. The van der Waals surface area contributed by atoms with Crippen molar-refractivity contribution in [2.75, 3.05) is 13.1 Å². The molecule has 1 unspecified atom stereocenters. The van der Waals surface area contributed by atoms with Crippen molar-refractivity contribution in [1.29, 1.82) is 0 Å². The lowest BCUT2D eigenvalue weighted by atomic mass is 10.0. The van der Waals surface area contributed by atoms with Crippen LogP contribution in [0.4, 0.5) is 0 Å². The zero-order valence-corrected chi connectivity index (χ0v) is 10.7. The van der Waals surface area contributed by atoms with Crippen molar-refractivity contribution >= 4 is 16.7 Å². The number of hydrogen-bond donors (Lipinski definition) is 3. The van der Waals surface area contributed by atoms with Gasteiger partial charge in [0, 0.05) is 13.1 Å². The highest BCUT2D eigenvalue weighted by molar-refractivity contribution is 5.85. The molecule has 2 aromatic rings. The molecule has 2 aromatic carbocycles. The van der Waals surface area contributed by atoms with Crippen molar-refractivity contribution in [3.8, 4) is 0 Å². The highest BCUT2D eigenvalue weighted by atomic mass is 16.3. The van der Waals surface area contributed by atoms with Gasteiger partial charge in [0.2, 0.25) is 5.91 Å². The summed E-state index contributed by atoms with van der Waals surface area (Å²) >= 11 is 0. The summed E-state index contributed by atoms with van der Waals surface area (Å²) in [4.78, 5) is 11.4. The van der Waals surface area contributed by atoms with Gasteiger partial charge in [-0.2, -0.15) is 0 Å². The number of fused-ring (bicyclic) bond motifs is 1. The topological polar surface area (TPSA) is 75.3 Å². The number of hydrogen-bond acceptors (Lipinski definition) is 3. The second kappa shape index (κ2) is 6.31. The molecule has 4 nitrogen and oxygen atoms in total. The average molecular weight is 258 g/mol. The summed E-state index contributed by atoms with van der Waals surface area (Å²) in [7, 11) is 0. The van der Waals surface area contributed by atoms with E-state index in [9.17, 15) is 9.90 Å². The monoisotopic (exact) mass is 258 g/mol. The third-order valence-electron chi connectivity index (χ3n) is 3.10. The second-order valence-corrected chi connectivity index (χ2v) is 4.43. The molecule has 4 heteroatoms. The lowest BCUT2D eigenvalue weighted by Gasteiger charge is -2.10. The zero-order valence-electron chi connectivity index (χ0n) is 10.7. The molecule has 100 valence electrons. The molecule has 0 aliphatic rings. The maximum absolute atomic E-state index is 11.4. The first-order valence-electron chi connectivity index (χ1n) is 6.35. The van der Waals surface area contributed by atoms with Gasteiger partial charge in [0.1, 0.15) is 6.10 Å². The molecule has 0 aliphatic heterocycles. The van der Waals surface area contributed by atoms with Crippen LogP contribution in [0.1, 0.15) is 5.56 Å². The lowest BCUT2D eigenvalue weighted by Crippen LogP contribution is -2.39. The highest BCUT2D eigenvalue weighted by Gasteiger charge is 2.11. The Balaban J connectivity index is 2.01. The Kier molecular flexibility index (Phi) is 4.49. The van der Waals surface area contributed by atoms with Gasteiger partial charge in [-0.3, -0.25) is 4.79 Å². The molecule has 0 bridgehead atoms. The summed E-state index contributed by atoms with van der Waals surface area (Å²) in [5.74, 6) is -0.414. The van der Waals surface area contributed by atoms with Gasteiger partial charge in [-0.15, -0.1) is 0 Å². The van der Waals surface area contributed by atoms with Crippen molar-refractivity contribution < 1.29 is 9.90 Å². The number of nitrogens with two attached hydrogens (primary N) is 1. The minimum absolute atomic E-state index is 0.0555. The average Bonchev–Trinajstić information content (AvgIpc) is 2.46. The third kappa shape index (κ3) is 3.30. The van der Waals surface area contributed by atoms with Crippen molar-refractivity contribution in [3.05, 3.63) is 48.0 Å². The molecule has 0 aliphatic carbocycles. The first-order chi connectivity index (χ1) is 9.22. The maximum atomic E-state index is 11.4. The van der Waals surface area contributed by atoms with Crippen LogP contribution in [0.25, 0.3) is 10.8 Å². The molecule has 1 atom stereocenters. The van der Waals surface area contributed by atoms with Gasteiger partial charge < -0.3 is 16.2 Å². The Bertz CT molecular complexity index is 564. The molecule has 4 N–H and O–H groups in total. The van der Waals surface area contributed by atoms with Crippen LogP contribution in [-0.2, 0) is 11.2 Å². The van der Waals surface area contributed by atoms with Crippen LogP contribution in [0.5, 0.6) is 0 Å². The minimum Gasteiger partial charge on any atom is -0.382 e. The molecule has 0 saturated carbocycles. The SMILES string of the molecule is NCC(O)C(=O)NCCc1cccc2ccccc12.